The van der Waals surface area contributed by atoms with E-state index in [0.29, 0.717) is 0 Å². The summed E-state index contributed by atoms with van der Waals surface area (Å²) in [5.41, 5.74) is 0. The largest absolute Gasteiger partial charge is 0.353 e. The van der Waals surface area contributed by atoms with E-state index in [-0.39, 0.29) is 6.29 Å². The first-order valence-electron chi connectivity index (χ1n) is 6.18. The maximum absolute atomic E-state index is 5.61. The second kappa shape index (κ2) is 10.1. The zero-order chi connectivity index (χ0) is 11.5. The summed E-state index contributed by atoms with van der Waals surface area (Å²) in [7, 11) is 0. The molecule has 0 aromatic heterocycles. The molecule has 1 saturated heterocycles. The van der Waals surface area contributed by atoms with Crippen molar-refractivity contribution in [1.82, 2.24) is 0 Å². The monoisotopic (exact) mass is 288 g/mol. The Kier molecular flexibility index (Phi) is 8.88. The van der Waals surface area contributed by atoms with E-state index in [1.165, 1.54) is 12.8 Å². The molecule has 2 nitrogen and oxygen atoms in total. The molecule has 1 atom stereocenters. The number of unbranched alkanes of at least 4 members (excludes halogenated alkanes) is 2. The van der Waals surface area contributed by atoms with Gasteiger partial charge in [-0.2, -0.15) is 0 Å². The van der Waals surface area contributed by atoms with Crippen LogP contribution in [0.25, 0.3) is 0 Å². The molecule has 1 fully saturated rings. The van der Waals surface area contributed by atoms with Crippen molar-refractivity contribution < 1.29 is 9.47 Å². The molecule has 16 heavy (non-hydrogen) atoms. The van der Waals surface area contributed by atoms with Crippen LogP contribution in [0.5, 0.6) is 0 Å². The Balaban J connectivity index is 1.88. The minimum absolute atomic E-state index is 0.0510. The molecular weight excluding hydrogens is 268 g/mol. The third kappa shape index (κ3) is 7.27. The highest BCUT2D eigenvalue weighted by Crippen LogP contribution is 2.13. The molecule has 0 amide bonds. The summed E-state index contributed by atoms with van der Waals surface area (Å²) >= 11 is 3.39. The highest BCUT2D eigenvalue weighted by molar-refractivity contribution is 9.09. The van der Waals surface area contributed by atoms with E-state index in [9.17, 15) is 0 Å². The Hall–Kier alpha value is -0.0400. The Morgan fingerprint density at radius 3 is 2.69 bits per heavy atom. The van der Waals surface area contributed by atoms with E-state index in [0.717, 1.165) is 50.6 Å². The topological polar surface area (TPSA) is 18.5 Å². The maximum Gasteiger partial charge on any atom is 0.157 e. The molecule has 0 spiro atoms. The van der Waals surface area contributed by atoms with Crippen molar-refractivity contribution in [3.63, 3.8) is 0 Å². The summed E-state index contributed by atoms with van der Waals surface area (Å²) in [5.74, 6) is 6.32. The Morgan fingerprint density at radius 1 is 1.19 bits per heavy atom. The standard InChI is InChI=1S/C13H21BrO2/c14-10-6-3-1-2-4-7-11-15-13-9-5-8-12-16-13/h13H,3-12H2. The molecule has 0 radical (unpaired) electrons. The van der Waals surface area contributed by atoms with Gasteiger partial charge in [0.25, 0.3) is 0 Å². The van der Waals surface area contributed by atoms with Gasteiger partial charge in [-0.3, -0.25) is 0 Å². The number of hydrogen-bond donors (Lipinski definition) is 0. The van der Waals surface area contributed by atoms with E-state index in [1.54, 1.807) is 0 Å². The number of hydrogen-bond acceptors (Lipinski definition) is 2. The van der Waals surface area contributed by atoms with Gasteiger partial charge in [-0.25, -0.2) is 0 Å². The molecule has 1 heterocycles. The van der Waals surface area contributed by atoms with Gasteiger partial charge < -0.3 is 9.47 Å². The van der Waals surface area contributed by atoms with Crippen molar-refractivity contribution in [3.05, 3.63) is 0 Å². The first-order valence-corrected chi connectivity index (χ1v) is 7.30. The minimum Gasteiger partial charge on any atom is -0.353 e. The van der Waals surface area contributed by atoms with E-state index in [2.05, 4.69) is 27.8 Å². The lowest BCUT2D eigenvalue weighted by atomic mass is 10.2. The summed E-state index contributed by atoms with van der Waals surface area (Å²) in [6.07, 6.45) is 7.61. The van der Waals surface area contributed by atoms with Gasteiger partial charge in [-0.15, -0.1) is 11.8 Å². The Morgan fingerprint density at radius 2 is 2.00 bits per heavy atom. The number of halogens is 1. The van der Waals surface area contributed by atoms with E-state index in [1.807, 2.05) is 0 Å². The van der Waals surface area contributed by atoms with Gasteiger partial charge in [-0.1, -0.05) is 15.9 Å². The van der Waals surface area contributed by atoms with Gasteiger partial charge in [0.05, 0.1) is 6.61 Å². The van der Waals surface area contributed by atoms with Crippen LogP contribution in [-0.4, -0.2) is 24.8 Å². The molecule has 0 bridgehead atoms. The predicted octanol–water partition coefficient (Wildman–Crippen LogP) is 3.49. The van der Waals surface area contributed by atoms with Gasteiger partial charge in [0, 0.05) is 24.8 Å². The van der Waals surface area contributed by atoms with Crippen molar-refractivity contribution in [1.29, 1.82) is 0 Å². The third-order valence-electron chi connectivity index (χ3n) is 2.45. The molecule has 1 rings (SSSR count). The average Bonchev–Trinajstić information content (AvgIpc) is 2.34. The SMILES string of the molecule is BrCCCC#CCCCOC1CCCCO1. The van der Waals surface area contributed by atoms with Crippen molar-refractivity contribution >= 4 is 15.9 Å². The molecule has 1 unspecified atom stereocenters. The highest BCUT2D eigenvalue weighted by atomic mass is 79.9. The molecular formula is C13H21BrO2. The van der Waals surface area contributed by atoms with Gasteiger partial charge in [0.15, 0.2) is 6.29 Å². The van der Waals surface area contributed by atoms with E-state index < -0.39 is 0 Å². The molecule has 0 aliphatic carbocycles. The van der Waals surface area contributed by atoms with Gasteiger partial charge in [0.2, 0.25) is 0 Å². The fourth-order valence-electron chi connectivity index (χ4n) is 1.55. The Bertz CT molecular complexity index is 214. The lowest BCUT2D eigenvalue weighted by Gasteiger charge is -2.22. The fourth-order valence-corrected chi connectivity index (χ4v) is 1.83. The zero-order valence-corrected chi connectivity index (χ0v) is 11.4. The second-order valence-corrected chi connectivity index (χ2v) is 4.71. The zero-order valence-electron chi connectivity index (χ0n) is 9.84. The van der Waals surface area contributed by atoms with Crippen LogP contribution >= 0.6 is 15.9 Å². The molecule has 0 aromatic carbocycles. The van der Waals surface area contributed by atoms with Gasteiger partial charge in [0.1, 0.15) is 0 Å². The molecule has 1 aliphatic rings. The number of rotatable bonds is 6. The van der Waals surface area contributed by atoms with Crippen LogP contribution in [0, 0.1) is 11.8 Å². The van der Waals surface area contributed by atoms with Crippen LogP contribution in [0.2, 0.25) is 0 Å². The fraction of sp³-hybridized carbons (Fsp3) is 0.846. The average molecular weight is 289 g/mol. The van der Waals surface area contributed by atoms with Crippen LogP contribution in [0.4, 0.5) is 0 Å². The summed E-state index contributed by atoms with van der Waals surface area (Å²) < 4.78 is 11.1. The van der Waals surface area contributed by atoms with Crippen molar-refractivity contribution in [2.24, 2.45) is 0 Å². The minimum atomic E-state index is 0.0510. The molecule has 1 aliphatic heterocycles. The summed E-state index contributed by atoms with van der Waals surface area (Å²) in [6, 6.07) is 0. The smallest absolute Gasteiger partial charge is 0.157 e. The molecule has 92 valence electrons. The number of ether oxygens (including phenoxy) is 2. The predicted molar refractivity (Wildman–Crippen MR) is 69.6 cm³/mol. The molecule has 0 aromatic rings. The van der Waals surface area contributed by atoms with Gasteiger partial charge >= 0.3 is 0 Å². The summed E-state index contributed by atoms with van der Waals surface area (Å²) in [5, 5.41) is 1.05. The van der Waals surface area contributed by atoms with Crippen LogP contribution in [0.3, 0.4) is 0 Å². The lowest BCUT2D eigenvalue weighted by Crippen LogP contribution is -2.22. The van der Waals surface area contributed by atoms with Crippen molar-refractivity contribution in [2.75, 3.05) is 18.5 Å². The summed E-state index contributed by atoms with van der Waals surface area (Å²) in [6.45, 7) is 1.63. The maximum atomic E-state index is 5.61. The molecule has 0 saturated carbocycles. The summed E-state index contributed by atoms with van der Waals surface area (Å²) in [4.78, 5) is 0. The Labute approximate surface area is 107 Å². The first-order chi connectivity index (χ1) is 7.93. The quantitative estimate of drug-likeness (QED) is 0.423. The normalized spacial score (nSPS) is 20.2. The van der Waals surface area contributed by atoms with Gasteiger partial charge in [-0.05, 0) is 32.1 Å². The number of alkyl halides is 1. The third-order valence-corrected chi connectivity index (χ3v) is 3.01. The highest BCUT2D eigenvalue weighted by Gasteiger charge is 2.12. The lowest BCUT2D eigenvalue weighted by molar-refractivity contribution is -0.162. The van der Waals surface area contributed by atoms with Crippen molar-refractivity contribution in [3.8, 4) is 11.8 Å². The van der Waals surface area contributed by atoms with Crippen LogP contribution in [-0.2, 0) is 9.47 Å². The van der Waals surface area contributed by atoms with Crippen LogP contribution in [0.15, 0.2) is 0 Å². The van der Waals surface area contributed by atoms with Crippen LogP contribution in [0.1, 0.15) is 44.9 Å². The van der Waals surface area contributed by atoms with E-state index >= 15 is 0 Å². The molecule has 3 heteroatoms. The van der Waals surface area contributed by atoms with Crippen LogP contribution < -0.4 is 0 Å². The second-order valence-electron chi connectivity index (χ2n) is 3.92. The molecule has 0 N–H and O–H groups in total. The van der Waals surface area contributed by atoms with E-state index in [4.69, 9.17) is 9.47 Å². The van der Waals surface area contributed by atoms with Crippen molar-refractivity contribution in [2.45, 2.75) is 51.2 Å². The first kappa shape index (κ1) is 14.0.